The number of nitrogens with zero attached hydrogens (tertiary/aromatic N) is 3. The highest BCUT2D eigenvalue weighted by atomic mass is 32.2. The van der Waals surface area contributed by atoms with E-state index in [0.717, 1.165) is 4.31 Å². The Hall–Kier alpha value is -1.13. The zero-order valence-corrected chi connectivity index (χ0v) is 11.4. The molecule has 100 valence electrons. The molecular weight excluding hydrogens is 254 g/mol. The molecule has 0 aromatic carbocycles. The normalized spacial score (nSPS) is 27.6. The van der Waals surface area contributed by atoms with Gasteiger partial charge in [-0.1, -0.05) is 0 Å². The Bertz CT molecular complexity index is 498. The Labute approximate surface area is 107 Å². The van der Waals surface area contributed by atoms with E-state index in [-0.39, 0.29) is 11.9 Å². The molecule has 0 radical (unpaired) electrons. The Morgan fingerprint density at radius 2 is 1.94 bits per heavy atom. The number of carbonyl (C=O) groups excluding carboxylic acids is 1. The summed E-state index contributed by atoms with van der Waals surface area (Å²) in [6.07, 6.45) is 1.23. The van der Waals surface area contributed by atoms with E-state index in [0.29, 0.717) is 32.5 Å². The Morgan fingerprint density at radius 1 is 1.39 bits per heavy atom. The summed E-state index contributed by atoms with van der Waals surface area (Å²) < 4.78 is 23.8. The van der Waals surface area contributed by atoms with Gasteiger partial charge in [-0.3, -0.25) is 9.69 Å². The third-order valence-corrected chi connectivity index (χ3v) is 6.25. The number of likely N-dealkylation sites (tertiary alicyclic amines) is 1. The molecule has 6 nitrogen and oxygen atoms in total. The highest BCUT2D eigenvalue weighted by molar-refractivity contribution is 7.94. The van der Waals surface area contributed by atoms with E-state index in [9.17, 15) is 13.2 Å². The summed E-state index contributed by atoms with van der Waals surface area (Å²) in [5.74, 6) is -0.304. The van der Waals surface area contributed by atoms with Crippen LogP contribution in [0.5, 0.6) is 0 Å². The number of hydrogen-bond donors (Lipinski definition) is 0. The lowest BCUT2D eigenvalue weighted by molar-refractivity contribution is -0.134. The molecule has 2 aliphatic rings. The van der Waals surface area contributed by atoms with E-state index in [1.807, 2.05) is 4.90 Å². The number of amides is 1. The minimum absolute atomic E-state index is 0.231. The van der Waals surface area contributed by atoms with Crippen LogP contribution in [-0.2, 0) is 14.8 Å². The molecule has 0 N–H and O–H groups in total. The molecule has 0 saturated carbocycles. The Balaban J connectivity index is 2.05. The van der Waals surface area contributed by atoms with Crippen LogP contribution < -0.4 is 0 Å². The van der Waals surface area contributed by atoms with Gasteiger partial charge in [-0.2, -0.15) is 5.26 Å². The largest absolute Gasteiger partial charge is 0.290 e. The van der Waals surface area contributed by atoms with Crippen molar-refractivity contribution in [2.75, 3.05) is 19.6 Å². The summed E-state index contributed by atoms with van der Waals surface area (Å²) in [5.41, 5.74) is 0. The molecule has 2 rings (SSSR count). The van der Waals surface area contributed by atoms with Crippen LogP contribution in [0, 0.1) is 11.3 Å². The van der Waals surface area contributed by atoms with Gasteiger partial charge >= 0.3 is 0 Å². The van der Waals surface area contributed by atoms with Gasteiger partial charge in [0.1, 0.15) is 0 Å². The summed E-state index contributed by atoms with van der Waals surface area (Å²) in [6, 6.07) is 1.84. The van der Waals surface area contributed by atoms with Crippen molar-refractivity contribution in [1.82, 2.24) is 9.21 Å². The van der Waals surface area contributed by atoms with Gasteiger partial charge in [0.2, 0.25) is 0 Å². The molecule has 2 saturated heterocycles. The first-order chi connectivity index (χ1) is 8.32. The molecule has 0 bridgehead atoms. The van der Waals surface area contributed by atoms with Gasteiger partial charge in [0, 0.05) is 13.1 Å². The number of piperidine rings is 1. The first-order valence-electron chi connectivity index (χ1n) is 6.00. The zero-order valence-electron chi connectivity index (χ0n) is 10.6. The second-order valence-electron chi connectivity index (χ2n) is 5.28. The van der Waals surface area contributed by atoms with Crippen molar-refractivity contribution < 1.29 is 13.2 Å². The Kier molecular flexibility index (Phi) is 3.11. The number of nitriles is 1. The molecule has 1 amide bonds. The van der Waals surface area contributed by atoms with Crippen LogP contribution in [0.2, 0.25) is 0 Å². The van der Waals surface area contributed by atoms with E-state index in [1.165, 1.54) is 13.8 Å². The predicted molar refractivity (Wildman–Crippen MR) is 64.9 cm³/mol. The maximum atomic E-state index is 12.0. The molecule has 0 aliphatic carbocycles. The predicted octanol–water partition coefficient (Wildman–Crippen LogP) is -0.0750. The standard InChI is InChI=1S/C11H17N3O3S/c1-11(2)10(15)14(18(11,16)17)9-3-6-13(7-4-9)8-5-12/h9H,3-4,6-8H2,1-2H3. The summed E-state index contributed by atoms with van der Waals surface area (Å²) in [6.45, 7) is 4.59. The van der Waals surface area contributed by atoms with Crippen molar-refractivity contribution in [3.05, 3.63) is 0 Å². The number of sulfonamides is 1. The fourth-order valence-corrected chi connectivity index (χ4v) is 4.19. The van der Waals surface area contributed by atoms with Gasteiger partial charge in [-0.25, -0.2) is 12.7 Å². The third kappa shape index (κ3) is 1.71. The van der Waals surface area contributed by atoms with Gasteiger partial charge < -0.3 is 0 Å². The highest BCUT2D eigenvalue weighted by Crippen LogP contribution is 2.38. The van der Waals surface area contributed by atoms with Crippen LogP contribution in [0.4, 0.5) is 0 Å². The fourth-order valence-electron chi connectivity index (χ4n) is 2.47. The molecule has 2 heterocycles. The van der Waals surface area contributed by atoms with E-state index in [1.54, 1.807) is 0 Å². The average molecular weight is 271 g/mol. The van der Waals surface area contributed by atoms with Gasteiger partial charge in [-0.05, 0) is 26.7 Å². The van der Waals surface area contributed by atoms with Crippen LogP contribution in [0.15, 0.2) is 0 Å². The van der Waals surface area contributed by atoms with Crippen molar-refractivity contribution in [3.8, 4) is 6.07 Å². The number of carbonyl (C=O) groups is 1. The van der Waals surface area contributed by atoms with Gasteiger partial charge in [0.25, 0.3) is 15.9 Å². The van der Waals surface area contributed by atoms with Crippen LogP contribution >= 0.6 is 0 Å². The minimum Gasteiger partial charge on any atom is -0.290 e. The first kappa shape index (κ1) is 13.3. The molecule has 0 aromatic heterocycles. The van der Waals surface area contributed by atoms with Crippen LogP contribution in [0.3, 0.4) is 0 Å². The number of rotatable bonds is 2. The van der Waals surface area contributed by atoms with Gasteiger partial charge in [-0.15, -0.1) is 0 Å². The number of hydrogen-bond acceptors (Lipinski definition) is 5. The molecule has 7 heteroatoms. The van der Waals surface area contributed by atoms with E-state index in [2.05, 4.69) is 6.07 Å². The average Bonchev–Trinajstić information content (AvgIpc) is 2.31. The molecule has 0 atom stereocenters. The van der Waals surface area contributed by atoms with Crippen LogP contribution in [0.1, 0.15) is 26.7 Å². The maximum Gasteiger partial charge on any atom is 0.259 e. The quantitative estimate of drug-likeness (QED) is 0.656. The van der Waals surface area contributed by atoms with Crippen molar-refractivity contribution in [2.45, 2.75) is 37.5 Å². The summed E-state index contributed by atoms with van der Waals surface area (Å²) in [5, 5.41) is 8.59. The summed E-state index contributed by atoms with van der Waals surface area (Å²) in [7, 11) is -3.48. The lowest BCUT2D eigenvalue weighted by atomic mass is 10.0. The third-order valence-electron chi connectivity index (χ3n) is 3.80. The zero-order chi connectivity index (χ0) is 13.6. The lowest BCUT2D eigenvalue weighted by Crippen LogP contribution is -2.70. The van der Waals surface area contributed by atoms with Gasteiger partial charge in [0.15, 0.2) is 4.75 Å². The second kappa shape index (κ2) is 4.21. The summed E-state index contributed by atoms with van der Waals surface area (Å²) in [4.78, 5) is 13.9. The molecule has 2 fully saturated rings. The molecule has 18 heavy (non-hydrogen) atoms. The van der Waals surface area contributed by atoms with Crippen molar-refractivity contribution in [3.63, 3.8) is 0 Å². The molecule has 0 spiro atoms. The minimum atomic E-state index is -3.48. The summed E-state index contributed by atoms with van der Waals surface area (Å²) >= 11 is 0. The molecule has 0 unspecified atom stereocenters. The van der Waals surface area contributed by atoms with Crippen LogP contribution in [-0.4, -0.2) is 54.0 Å². The lowest BCUT2D eigenvalue weighted by Gasteiger charge is -2.48. The van der Waals surface area contributed by atoms with E-state index in [4.69, 9.17) is 5.26 Å². The van der Waals surface area contributed by atoms with Crippen molar-refractivity contribution in [2.24, 2.45) is 0 Å². The van der Waals surface area contributed by atoms with Crippen LogP contribution in [0.25, 0.3) is 0 Å². The fraction of sp³-hybridized carbons (Fsp3) is 0.818. The molecular formula is C11H17N3O3S. The second-order valence-corrected chi connectivity index (χ2v) is 7.65. The first-order valence-corrected chi connectivity index (χ1v) is 7.44. The van der Waals surface area contributed by atoms with Crippen molar-refractivity contribution >= 4 is 15.9 Å². The van der Waals surface area contributed by atoms with E-state index >= 15 is 0 Å². The molecule has 2 aliphatic heterocycles. The SMILES string of the molecule is CC1(C)C(=O)N(C2CCN(CC#N)CC2)S1(=O)=O. The smallest absolute Gasteiger partial charge is 0.259 e. The monoisotopic (exact) mass is 271 g/mol. The van der Waals surface area contributed by atoms with E-state index < -0.39 is 14.8 Å². The Morgan fingerprint density at radius 3 is 2.39 bits per heavy atom. The maximum absolute atomic E-state index is 12.0. The van der Waals surface area contributed by atoms with Gasteiger partial charge in [0.05, 0.1) is 18.7 Å². The highest BCUT2D eigenvalue weighted by Gasteiger charge is 2.62. The van der Waals surface area contributed by atoms with Crippen molar-refractivity contribution in [1.29, 1.82) is 5.26 Å². The molecule has 0 aromatic rings. The topological polar surface area (TPSA) is 81.5 Å².